The predicted octanol–water partition coefficient (Wildman–Crippen LogP) is 2.64. The Kier molecular flexibility index (Phi) is 5.22. The Balaban J connectivity index is 2.39. The molecule has 0 heterocycles. The van der Waals surface area contributed by atoms with Gasteiger partial charge in [-0.3, -0.25) is 9.59 Å². The predicted molar refractivity (Wildman–Crippen MR) is 72.4 cm³/mol. The minimum Gasteiger partial charge on any atom is -0.325 e. The van der Waals surface area contributed by atoms with Crippen LogP contribution >= 0.6 is 11.8 Å². The number of anilines is 1. The molecule has 1 atom stereocenters. The Hall–Kier alpha value is -1.29. The summed E-state index contributed by atoms with van der Waals surface area (Å²) < 4.78 is 0. The van der Waals surface area contributed by atoms with Gasteiger partial charge in [-0.25, -0.2) is 0 Å². The van der Waals surface area contributed by atoms with Gasteiger partial charge in [-0.15, -0.1) is 11.8 Å². The van der Waals surface area contributed by atoms with Crippen molar-refractivity contribution in [3.8, 4) is 0 Å². The highest BCUT2D eigenvalue weighted by Gasteiger charge is 2.10. The largest absolute Gasteiger partial charge is 0.325 e. The number of carbonyl (C=O) groups is 2. The van der Waals surface area contributed by atoms with Crippen molar-refractivity contribution in [2.75, 3.05) is 11.1 Å². The first-order chi connectivity index (χ1) is 7.99. The first-order valence-electron chi connectivity index (χ1n) is 5.47. The summed E-state index contributed by atoms with van der Waals surface area (Å²) in [6.07, 6.45) is 0. The molecule has 0 aliphatic heterocycles. The summed E-state index contributed by atoms with van der Waals surface area (Å²) in [6.45, 7) is 5.34. The number of aryl methyl sites for hydroxylation is 1. The highest BCUT2D eigenvalue weighted by molar-refractivity contribution is 8.01. The molecule has 0 radical (unpaired) electrons. The number of hydrogen-bond acceptors (Lipinski definition) is 3. The molecule has 17 heavy (non-hydrogen) atoms. The fraction of sp³-hybridized carbons (Fsp3) is 0.385. The molecule has 4 heteroatoms. The van der Waals surface area contributed by atoms with Crippen molar-refractivity contribution < 1.29 is 9.59 Å². The zero-order valence-electron chi connectivity index (χ0n) is 10.3. The molecule has 1 aromatic rings. The van der Waals surface area contributed by atoms with E-state index in [-0.39, 0.29) is 16.9 Å². The Morgan fingerprint density at radius 1 is 1.29 bits per heavy atom. The van der Waals surface area contributed by atoms with Crippen molar-refractivity contribution in [1.82, 2.24) is 0 Å². The molecule has 0 aliphatic carbocycles. The topological polar surface area (TPSA) is 46.2 Å². The van der Waals surface area contributed by atoms with Gasteiger partial charge in [-0.1, -0.05) is 17.7 Å². The van der Waals surface area contributed by atoms with Crippen LogP contribution in [-0.2, 0) is 9.59 Å². The maximum absolute atomic E-state index is 11.6. The average Bonchev–Trinajstić information content (AvgIpc) is 2.29. The zero-order chi connectivity index (χ0) is 12.8. The number of ketones is 1. The Bertz CT molecular complexity index is 400. The van der Waals surface area contributed by atoms with Gasteiger partial charge in [0.05, 0.1) is 11.0 Å². The molecule has 0 aromatic heterocycles. The fourth-order valence-corrected chi connectivity index (χ4v) is 1.86. The van der Waals surface area contributed by atoms with Gasteiger partial charge in [-0.05, 0) is 32.9 Å². The fourth-order valence-electron chi connectivity index (χ4n) is 1.15. The summed E-state index contributed by atoms with van der Waals surface area (Å²) in [4.78, 5) is 22.6. The molecule has 1 amide bonds. The second-order valence-electron chi connectivity index (χ2n) is 3.98. The van der Waals surface area contributed by atoms with Crippen LogP contribution in [0.25, 0.3) is 0 Å². The molecular weight excluding hydrogens is 234 g/mol. The van der Waals surface area contributed by atoms with E-state index in [2.05, 4.69) is 5.32 Å². The molecule has 92 valence electrons. The van der Waals surface area contributed by atoms with Gasteiger partial charge in [0, 0.05) is 5.69 Å². The van der Waals surface area contributed by atoms with Gasteiger partial charge in [0.2, 0.25) is 5.91 Å². The van der Waals surface area contributed by atoms with Crippen LogP contribution in [0.5, 0.6) is 0 Å². The molecule has 0 bridgehead atoms. The van der Waals surface area contributed by atoms with Gasteiger partial charge in [0.15, 0.2) is 0 Å². The van der Waals surface area contributed by atoms with E-state index in [1.54, 1.807) is 0 Å². The Morgan fingerprint density at radius 3 is 2.41 bits per heavy atom. The first-order valence-corrected chi connectivity index (χ1v) is 6.52. The molecule has 1 N–H and O–H groups in total. The SMILES string of the molecule is CC(=O)C(C)SCC(=O)Nc1ccc(C)cc1. The third-order valence-corrected chi connectivity index (χ3v) is 3.63. The van der Waals surface area contributed by atoms with Crippen LogP contribution in [0.15, 0.2) is 24.3 Å². The van der Waals surface area contributed by atoms with E-state index in [0.717, 1.165) is 11.3 Å². The molecule has 0 saturated heterocycles. The maximum Gasteiger partial charge on any atom is 0.234 e. The molecule has 0 spiro atoms. The Morgan fingerprint density at radius 2 is 1.88 bits per heavy atom. The van der Waals surface area contributed by atoms with Gasteiger partial charge in [0.1, 0.15) is 5.78 Å². The average molecular weight is 251 g/mol. The number of thioether (sulfide) groups is 1. The number of nitrogens with one attached hydrogen (secondary N) is 1. The van der Waals surface area contributed by atoms with Crippen LogP contribution in [0.2, 0.25) is 0 Å². The second kappa shape index (κ2) is 6.45. The van der Waals surface area contributed by atoms with Crippen LogP contribution < -0.4 is 5.32 Å². The number of hydrogen-bond donors (Lipinski definition) is 1. The molecule has 1 unspecified atom stereocenters. The third kappa shape index (κ3) is 5.04. The molecule has 1 rings (SSSR count). The Labute approximate surface area is 106 Å². The van der Waals surface area contributed by atoms with Crippen LogP contribution in [0.3, 0.4) is 0 Å². The quantitative estimate of drug-likeness (QED) is 0.875. The third-order valence-electron chi connectivity index (χ3n) is 2.37. The maximum atomic E-state index is 11.6. The van der Waals surface area contributed by atoms with Crippen molar-refractivity contribution in [3.05, 3.63) is 29.8 Å². The van der Waals surface area contributed by atoms with E-state index in [4.69, 9.17) is 0 Å². The zero-order valence-corrected chi connectivity index (χ0v) is 11.1. The van der Waals surface area contributed by atoms with E-state index in [1.807, 2.05) is 38.1 Å². The molecule has 1 aromatic carbocycles. The number of benzene rings is 1. The van der Waals surface area contributed by atoms with Gasteiger partial charge >= 0.3 is 0 Å². The summed E-state index contributed by atoms with van der Waals surface area (Å²) in [6, 6.07) is 7.63. The normalized spacial score (nSPS) is 11.9. The van der Waals surface area contributed by atoms with E-state index in [9.17, 15) is 9.59 Å². The van der Waals surface area contributed by atoms with Gasteiger partial charge in [-0.2, -0.15) is 0 Å². The van der Waals surface area contributed by atoms with E-state index < -0.39 is 0 Å². The summed E-state index contributed by atoms with van der Waals surface area (Å²) >= 11 is 1.35. The highest BCUT2D eigenvalue weighted by atomic mass is 32.2. The molecular formula is C13H17NO2S. The lowest BCUT2D eigenvalue weighted by atomic mass is 10.2. The lowest BCUT2D eigenvalue weighted by Gasteiger charge is -2.08. The van der Waals surface area contributed by atoms with Crippen molar-refractivity contribution in [1.29, 1.82) is 0 Å². The van der Waals surface area contributed by atoms with Gasteiger partial charge < -0.3 is 5.32 Å². The van der Waals surface area contributed by atoms with Crippen LogP contribution in [0.4, 0.5) is 5.69 Å². The van der Waals surface area contributed by atoms with Gasteiger partial charge in [0.25, 0.3) is 0 Å². The minimum atomic E-state index is -0.126. The second-order valence-corrected chi connectivity index (χ2v) is 5.31. The van der Waals surface area contributed by atoms with Crippen LogP contribution in [0, 0.1) is 6.92 Å². The standard InChI is InChI=1S/C13H17NO2S/c1-9-4-6-12(7-5-9)14-13(16)8-17-11(3)10(2)15/h4-7,11H,8H2,1-3H3,(H,14,16). The number of carbonyl (C=O) groups excluding carboxylic acids is 2. The molecule has 0 fully saturated rings. The van der Waals surface area contributed by atoms with E-state index in [1.165, 1.54) is 18.7 Å². The summed E-state index contributed by atoms with van der Waals surface area (Å²) in [5.74, 6) is 0.319. The lowest BCUT2D eigenvalue weighted by molar-refractivity contribution is -0.116. The smallest absolute Gasteiger partial charge is 0.234 e. The lowest BCUT2D eigenvalue weighted by Crippen LogP contribution is -2.18. The summed E-state index contributed by atoms with van der Waals surface area (Å²) in [5.41, 5.74) is 1.94. The number of Topliss-reactive ketones (excluding diaryl/α,β-unsaturated/α-hetero) is 1. The molecule has 3 nitrogen and oxygen atoms in total. The van der Waals surface area contributed by atoms with Crippen molar-refractivity contribution in [2.24, 2.45) is 0 Å². The first kappa shape index (κ1) is 13.8. The number of amides is 1. The van der Waals surface area contributed by atoms with Crippen molar-refractivity contribution >= 4 is 29.1 Å². The highest BCUT2D eigenvalue weighted by Crippen LogP contribution is 2.13. The van der Waals surface area contributed by atoms with Crippen LogP contribution in [-0.4, -0.2) is 22.7 Å². The summed E-state index contributed by atoms with van der Waals surface area (Å²) in [7, 11) is 0. The molecule has 0 aliphatic rings. The summed E-state index contributed by atoms with van der Waals surface area (Å²) in [5, 5.41) is 2.67. The van der Waals surface area contributed by atoms with E-state index in [0.29, 0.717) is 5.75 Å². The minimum absolute atomic E-state index is 0.0769. The van der Waals surface area contributed by atoms with Crippen molar-refractivity contribution in [2.45, 2.75) is 26.0 Å². The van der Waals surface area contributed by atoms with Crippen LogP contribution in [0.1, 0.15) is 19.4 Å². The van der Waals surface area contributed by atoms with Crippen molar-refractivity contribution in [3.63, 3.8) is 0 Å². The number of rotatable bonds is 5. The van der Waals surface area contributed by atoms with E-state index >= 15 is 0 Å². The monoisotopic (exact) mass is 251 g/mol. The molecule has 0 saturated carbocycles.